The first-order valence-corrected chi connectivity index (χ1v) is 13.2. The summed E-state index contributed by atoms with van der Waals surface area (Å²) in [5, 5.41) is 2.93. The Labute approximate surface area is 230 Å². The molecule has 0 aliphatic heterocycles. The average molecular weight is 538 g/mol. The van der Waals surface area contributed by atoms with Gasteiger partial charge in [-0.1, -0.05) is 25.1 Å². The fourth-order valence-corrected chi connectivity index (χ4v) is 4.11. The van der Waals surface area contributed by atoms with Gasteiger partial charge in [0.2, 0.25) is 5.91 Å². The topological polar surface area (TPSA) is 93.5 Å². The summed E-state index contributed by atoms with van der Waals surface area (Å²) in [6.45, 7) is 6.92. The van der Waals surface area contributed by atoms with Gasteiger partial charge in [-0.05, 0) is 68.7 Å². The van der Waals surface area contributed by atoms with Gasteiger partial charge in [0.25, 0.3) is 0 Å². The molecule has 0 saturated heterocycles. The molecule has 9 nitrogen and oxygen atoms in total. The molecule has 0 saturated carbocycles. The predicted molar refractivity (Wildman–Crippen MR) is 150 cm³/mol. The van der Waals surface area contributed by atoms with E-state index in [0.29, 0.717) is 61.2 Å². The van der Waals surface area contributed by atoms with E-state index in [2.05, 4.69) is 5.32 Å². The van der Waals surface area contributed by atoms with Gasteiger partial charge in [0.1, 0.15) is 18.1 Å². The Kier molecular flexibility index (Phi) is 11.1. The molecule has 0 bridgehead atoms. The van der Waals surface area contributed by atoms with Gasteiger partial charge in [-0.15, -0.1) is 0 Å². The monoisotopic (exact) mass is 537 g/mol. The second-order valence-corrected chi connectivity index (χ2v) is 9.08. The van der Waals surface area contributed by atoms with Crippen LogP contribution >= 0.6 is 0 Å². The maximum Gasteiger partial charge on any atom is 0.322 e. The molecule has 0 spiro atoms. The van der Waals surface area contributed by atoms with E-state index < -0.39 is 0 Å². The van der Waals surface area contributed by atoms with Crippen LogP contribution in [-0.4, -0.2) is 61.7 Å². The van der Waals surface area contributed by atoms with E-state index >= 15 is 0 Å². The van der Waals surface area contributed by atoms with Crippen molar-refractivity contribution in [3.8, 4) is 17.2 Å². The maximum atomic E-state index is 13.7. The quantitative estimate of drug-likeness (QED) is 0.288. The molecule has 3 aromatic rings. The van der Waals surface area contributed by atoms with Gasteiger partial charge in [0.15, 0.2) is 11.5 Å². The summed E-state index contributed by atoms with van der Waals surface area (Å²) in [7, 11) is 3.19. The third kappa shape index (κ3) is 8.17. The van der Waals surface area contributed by atoms with Crippen LogP contribution in [0.15, 0.2) is 65.3 Å². The number of para-hydroxylation sites is 2. The van der Waals surface area contributed by atoms with Crippen LogP contribution in [0.5, 0.6) is 17.2 Å². The first kappa shape index (κ1) is 29.4. The summed E-state index contributed by atoms with van der Waals surface area (Å²) < 4.78 is 21.9. The molecular weight excluding hydrogens is 498 g/mol. The number of amides is 3. The smallest absolute Gasteiger partial charge is 0.322 e. The molecule has 3 rings (SSSR count). The Morgan fingerprint density at radius 2 is 1.74 bits per heavy atom. The van der Waals surface area contributed by atoms with Crippen LogP contribution < -0.4 is 19.5 Å². The number of urea groups is 1. The molecular formula is C30H39N3O6. The first-order chi connectivity index (χ1) is 18.9. The molecule has 210 valence electrons. The van der Waals surface area contributed by atoms with Crippen molar-refractivity contribution in [3.05, 3.63) is 72.2 Å². The standard InChI is InChI=1S/C30H39N3O6/c1-6-22(3)33(30(35)31-25-12-8-9-13-26(25)38-7-2)21-29(34)32(20-24-11-10-18-39-24)17-16-23-14-15-27(36-4)28(19-23)37-5/h8-15,18-19,22H,6-7,16-17,20-21H2,1-5H3,(H,31,35). The maximum absolute atomic E-state index is 13.7. The van der Waals surface area contributed by atoms with E-state index in [-0.39, 0.29) is 24.5 Å². The summed E-state index contributed by atoms with van der Waals surface area (Å²) >= 11 is 0. The number of nitrogens with one attached hydrogen (secondary N) is 1. The highest BCUT2D eigenvalue weighted by molar-refractivity contribution is 5.93. The number of hydrogen-bond acceptors (Lipinski definition) is 6. The highest BCUT2D eigenvalue weighted by atomic mass is 16.5. The van der Waals surface area contributed by atoms with E-state index in [1.54, 1.807) is 48.5 Å². The third-order valence-corrected chi connectivity index (χ3v) is 6.52. The van der Waals surface area contributed by atoms with E-state index in [4.69, 9.17) is 18.6 Å². The van der Waals surface area contributed by atoms with Gasteiger partial charge in [-0.2, -0.15) is 0 Å². The molecule has 0 aliphatic carbocycles. The van der Waals surface area contributed by atoms with Crippen molar-refractivity contribution in [2.24, 2.45) is 0 Å². The van der Waals surface area contributed by atoms with E-state index in [9.17, 15) is 9.59 Å². The second kappa shape index (κ2) is 14.7. The lowest BCUT2D eigenvalue weighted by Crippen LogP contribution is -2.48. The molecule has 3 amide bonds. The van der Waals surface area contributed by atoms with Crippen LogP contribution in [0.4, 0.5) is 10.5 Å². The van der Waals surface area contributed by atoms with Gasteiger partial charge < -0.3 is 33.7 Å². The zero-order valence-electron chi connectivity index (χ0n) is 23.4. The van der Waals surface area contributed by atoms with Crippen molar-refractivity contribution < 1.29 is 28.2 Å². The van der Waals surface area contributed by atoms with Crippen LogP contribution in [0, 0.1) is 0 Å². The summed E-state index contributed by atoms with van der Waals surface area (Å²) in [4.78, 5) is 30.3. The normalized spacial score (nSPS) is 11.4. The zero-order valence-corrected chi connectivity index (χ0v) is 23.4. The van der Waals surface area contributed by atoms with Crippen LogP contribution in [-0.2, 0) is 17.8 Å². The van der Waals surface area contributed by atoms with Crippen molar-refractivity contribution in [2.45, 2.75) is 46.2 Å². The van der Waals surface area contributed by atoms with Crippen molar-refractivity contribution in [1.82, 2.24) is 9.80 Å². The van der Waals surface area contributed by atoms with E-state index in [1.807, 2.05) is 57.2 Å². The molecule has 9 heteroatoms. The lowest BCUT2D eigenvalue weighted by atomic mass is 10.1. The predicted octanol–water partition coefficient (Wildman–Crippen LogP) is 5.60. The van der Waals surface area contributed by atoms with E-state index in [0.717, 1.165) is 5.56 Å². The van der Waals surface area contributed by atoms with Crippen molar-refractivity contribution >= 4 is 17.6 Å². The zero-order chi connectivity index (χ0) is 28.2. The number of furan rings is 1. The number of carbonyl (C=O) groups is 2. The second-order valence-electron chi connectivity index (χ2n) is 9.08. The fourth-order valence-electron chi connectivity index (χ4n) is 4.11. The molecule has 0 aliphatic rings. The van der Waals surface area contributed by atoms with Crippen LogP contribution in [0.2, 0.25) is 0 Å². The lowest BCUT2D eigenvalue weighted by molar-refractivity contribution is -0.133. The van der Waals surface area contributed by atoms with E-state index in [1.165, 1.54) is 0 Å². The highest BCUT2D eigenvalue weighted by Gasteiger charge is 2.26. The molecule has 0 fully saturated rings. The average Bonchev–Trinajstić information content (AvgIpc) is 3.47. The Morgan fingerprint density at radius 3 is 2.41 bits per heavy atom. The number of carbonyl (C=O) groups excluding carboxylic acids is 2. The molecule has 1 heterocycles. The molecule has 1 atom stereocenters. The van der Waals surface area contributed by atoms with Gasteiger partial charge >= 0.3 is 6.03 Å². The molecule has 1 aromatic heterocycles. The number of hydrogen-bond donors (Lipinski definition) is 1. The van der Waals surface area contributed by atoms with Crippen molar-refractivity contribution in [1.29, 1.82) is 0 Å². The molecule has 2 aromatic carbocycles. The minimum Gasteiger partial charge on any atom is -0.493 e. The Morgan fingerprint density at radius 1 is 0.974 bits per heavy atom. The third-order valence-electron chi connectivity index (χ3n) is 6.52. The molecule has 39 heavy (non-hydrogen) atoms. The molecule has 0 radical (unpaired) electrons. The van der Waals surface area contributed by atoms with Crippen molar-refractivity contribution in [2.75, 3.05) is 39.2 Å². The Balaban J connectivity index is 1.77. The van der Waals surface area contributed by atoms with Crippen molar-refractivity contribution in [3.63, 3.8) is 0 Å². The minimum atomic E-state index is -0.359. The summed E-state index contributed by atoms with van der Waals surface area (Å²) in [5.41, 5.74) is 1.56. The number of benzene rings is 2. The van der Waals surface area contributed by atoms with Gasteiger partial charge in [-0.3, -0.25) is 4.79 Å². The van der Waals surface area contributed by atoms with Gasteiger partial charge in [0.05, 0.1) is 39.3 Å². The Hall–Kier alpha value is -4.14. The number of ether oxygens (including phenoxy) is 3. The Bertz CT molecular complexity index is 1200. The summed E-state index contributed by atoms with van der Waals surface area (Å²) in [6, 6.07) is 16.1. The van der Waals surface area contributed by atoms with Gasteiger partial charge in [-0.25, -0.2) is 4.79 Å². The lowest BCUT2D eigenvalue weighted by Gasteiger charge is -2.31. The number of nitrogens with zero attached hydrogens (tertiary/aromatic N) is 2. The van der Waals surface area contributed by atoms with Crippen LogP contribution in [0.3, 0.4) is 0 Å². The first-order valence-electron chi connectivity index (χ1n) is 13.2. The minimum absolute atomic E-state index is 0.0791. The van der Waals surface area contributed by atoms with Gasteiger partial charge in [0, 0.05) is 12.6 Å². The number of rotatable bonds is 14. The number of anilines is 1. The van der Waals surface area contributed by atoms with Crippen LogP contribution in [0.25, 0.3) is 0 Å². The largest absolute Gasteiger partial charge is 0.493 e. The summed E-state index contributed by atoms with van der Waals surface area (Å²) in [5.74, 6) is 2.34. The van der Waals surface area contributed by atoms with Crippen LogP contribution in [0.1, 0.15) is 38.5 Å². The summed E-state index contributed by atoms with van der Waals surface area (Å²) in [6.07, 6.45) is 2.86. The molecule has 1 unspecified atom stereocenters. The SMILES string of the molecule is CCOc1ccccc1NC(=O)N(CC(=O)N(CCc1ccc(OC)c(OC)c1)Cc1ccco1)C(C)CC. The highest BCUT2D eigenvalue weighted by Crippen LogP contribution is 2.28. The number of methoxy groups -OCH3 is 2. The fraction of sp³-hybridized carbons (Fsp3) is 0.400. The molecule has 1 N–H and O–H groups in total.